The Morgan fingerprint density at radius 3 is 2.87 bits per heavy atom. The maximum Gasteiger partial charge on any atom is 0.0680 e. The van der Waals surface area contributed by atoms with Gasteiger partial charge in [-0.05, 0) is 38.8 Å². The highest BCUT2D eigenvalue weighted by Gasteiger charge is 2.24. The Labute approximate surface area is 97.6 Å². The van der Waals surface area contributed by atoms with Crippen molar-refractivity contribution in [3.8, 4) is 0 Å². The van der Waals surface area contributed by atoms with E-state index in [1.807, 2.05) is 11.8 Å². The second kappa shape index (κ2) is 6.74. The lowest BCUT2D eigenvalue weighted by molar-refractivity contribution is 0.184. The molecule has 1 saturated heterocycles. The summed E-state index contributed by atoms with van der Waals surface area (Å²) in [5, 5.41) is 12.8. The molecule has 1 heterocycles. The standard InChI is InChI=1S/C11H24N2OS/c1-9(4-5-15-3)13(2)8-10-6-11(14)7-12-10/h9-12,14H,4-8H2,1-3H3. The Morgan fingerprint density at radius 1 is 1.60 bits per heavy atom. The Kier molecular flexibility index (Phi) is 5.97. The number of aliphatic hydroxyl groups excluding tert-OH is 1. The molecule has 3 atom stereocenters. The van der Waals surface area contributed by atoms with E-state index in [2.05, 4.69) is 30.4 Å². The van der Waals surface area contributed by atoms with Crippen molar-refractivity contribution in [1.29, 1.82) is 0 Å². The van der Waals surface area contributed by atoms with E-state index < -0.39 is 0 Å². The lowest BCUT2D eigenvalue weighted by Crippen LogP contribution is -2.40. The van der Waals surface area contributed by atoms with Gasteiger partial charge in [-0.15, -0.1) is 0 Å². The zero-order chi connectivity index (χ0) is 11.3. The van der Waals surface area contributed by atoms with E-state index in [4.69, 9.17) is 0 Å². The van der Waals surface area contributed by atoms with E-state index >= 15 is 0 Å². The molecule has 1 fully saturated rings. The monoisotopic (exact) mass is 232 g/mol. The normalized spacial score (nSPS) is 28.6. The van der Waals surface area contributed by atoms with Crippen LogP contribution in [0.1, 0.15) is 19.8 Å². The summed E-state index contributed by atoms with van der Waals surface area (Å²) in [6.07, 6.45) is 4.17. The summed E-state index contributed by atoms with van der Waals surface area (Å²) in [5.41, 5.74) is 0. The molecule has 1 aliphatic heterocycles. The lowest BCUT2D eigenvalue weighted by Gasteiger charge is -2.27. The van der Waals surface area contributed by atoms with Gasteiger partial charge in [-0.2, -0.15) is 11.8 Å². The molecular formula is C11H24N2OS. The van der Waals surface area contributed by atoms with Gasteiger partial charge in [0.2, 0.25) is 0 Å². The smallest absolute Gasteiger partial charge is 0.0680 e. The average Bonchev–Trinajstić information content (AvgIpc) is 2.60. The van der Waals surface area contributed by atoms with E-state index in [1.54, 1.807) is 0 Å². The second-order valence-electron chi connectivity index (χ2n) is 4.56. The molecule has 0 spiro atoms. The molecule has 0 aliphatic carbocycles. The molecule has 0 saturated carbocycles. The molecule has 0 bridgehead atoms. The lowest BCUT2D eigenvalue weighted by atomic mass is 10.1. The molecule has 0 amide bonds. The third-order valence-corrected chi connectivity index (χ3v) is 3.84. The van der Waals surface area contributed by atoms with Crippen molar-refractivity contribution in [3.63, 3.8) is 0 Å². The van der Waals surface area contributed by atoms with Crippen LogP contribution in [-0.4, -0.2) is 60.3 Å². The van der Waals surface area contributed by atoms with Crippen LogP contribution in [0.2, 0.25) is 0 Å². The van der Waals surface area contributed by atoms with E-state index in [9.17, 15) is 5.11 Å². The van der Waals surface area contributed by atoms with Crippen LogP contribution in [0, 0.1) is 0 Å². The van der Waals surface area contributed by atoms with E-state index in [0.717, 1.165) is 19.5 Å². The van der Waals surface area contributed by atoms with Crippen LogP contribution < -0.4 is 5.32 Å². The molecule has 0 aromatic rings. The maximum absolute atomic E-state index is 9.41. The molecule has 0 aromatic heterocycles. The van der Waals surface area contributed by atoms with Crippen molar-refractivity contribution in [3.05, 3.63) is 0 Å². The summed E-state index contributed by atoms with van der Waals surface area (Å²) in [6.45, 7) is 4.09. The van der Waals surface area contributed by atoms with Gasteiger partial charge in [0.1, 0.15) is 0 Å². The quantitative estimate of drug-likeness (QED) is 0.709. The Hall–Kier alpha value is 0.230. The molecule has 2 N–H and O–H groups in total. The fraction of sp³-hybridized carbons (Fsp3) is 1.00. The zero-order valence-electron chi connectivity index (χ0n) is 10.1. The van der Waals surface area contributed by atoms with Gasteiger partial charge in [-0.1, -0.05) is 0 Å². The summed E-state index contributed by atoms with van der Waals surface area (Å²) >= 11 is 1.91. The number of thioether (sulfide) groups is 1. The van der Waals surface area contributed by atoms with Crippen molar-refractivity contribution in [2.45, 2.75) is 38.0 Å². The first-order valence-corrected chi connectivity index (χ1v) is 7.13. The first-order chi connectivity index (χ1) is 7.13. The van der Waals surface area contributed by atoms with Crippen LogP contribution in [0.4, 0.5) is 0 Å². The van der Waals surface area contributed by atoms with Crippen LogP contribution in [0.25, 0.3) is 0 Å². The third kappa shape index (κ3) is 4.72. The topological polar surface area (TPSA) is 35.5 Å². The minimum atomic E-state index is -0.134. The predicted octanol–water partition coefficient (Wildman–Crippen LogP) is 0.783. The fourth-order valence-corrected chi connectivity index (χ4v) is 2.55. The van der Waals surface area contributed by atoms with Gasteiger partial charge in [0.05, 0.1) is 6.10 Å². The number of nitrogens with one attached hydrogen (secondary N) is 1. The van der Waals surface area contributed by atoms with E-state index in [-0.39, 0.29) is 6.10 Å². The summed E-state index contributed by atoms with van der Waals surface area (Å²) in [4.78, 5) is 2.39. The van der Waals surface area contributed by atoms with Crippen molar-refractivity contribution in [1.82, 2.24) is 10.2 Å². The number of nitrogens with zero attached hydrogens (tertiary/aromatic N) is 1. The molecule has 3 unspecified atom stereocenters. The predicted molar refractivity (Wildman–Crippen MR) is 67.5 cm³/mol. The highest BCUT2D eigenvalue weighted by atomic mass is 32.2. The van der Waals surface area contributed by atoms with E-state index in [1.165, 1.54) is 12.2 Å². The Morgan fingerprint density at radius 2 is 2.33 bits per heavy atom. The number of hydrogen-bond acceptors (Lipinski definition) is 4. The van der Waals surface area contributed by atoms with Gasteiger partial charge in [0, 0.05) is 25.2 Å². The van der Waals surface area contributed by atoms with Crippen LogP contribution in [-0.2, 0) is 0 Å². The van der Waals surface area contributed by atoms with Crippen molar-refractivity contribution < 1.29 is 5.11 Å². The van der Waals surface area contributed by atoms with Gasteiger partial charge in [-0.3, -0.25) is 0 Å². The highest BCUT2D eigenvalue weighted by molar-refractivity contribution is 7.98. The average molecular weight is 232 g/mol. The molecule has 0 radical (unpaired) electrons. The molecule has 4 heteroatoms. The summed E-state index contributed by atoms with van der Waals surface area (Å²) in [6, 6.07) is 1.11. The summed E-state index contributed by atoms with van der Waals surface area (Å²) in [5.74, 6) is 1.23. The molecule has 0 aromatic carbocycles. The van der Waals surface area contributed by atoms with E-state index in [0.29, 0.717) is 12.1 Å². The molecule has 90 valence electrons. The number of aliphatic hydroxyl groups is 1. The highest BCUT2D eigenvalue weighted by Crippen LogP contribution is 2.11. The molecular weight excluding hydrogens is 208 g/mol. The third-order valence-electron chi connectivity index (χ3n) is 3.20. The Bertz CT molecular complexity index is 180. The van der Waals surface area contributed by atoms with Crippen LogP contribution in [0.15, 0.2) is 0 Å². The van der Waals surface area contributed by atoms with Crippen LogP contribution >= 0.6 is 11.8 Å². The van der Waals surface area contributed by atoms with Crippen LogP contribution in [0.5, 0.6) is 0 Å². The first-order valence-electron chi connectivity index (χ1n) is 5.74. The van der Waals surface area contributed by atoms with Gasteiger partial charge in [0.15, 0.2) is 0 Å². The number of hydrogen-bond donors (Lipinski definition) is 2. The first kappa shape index (κ1) is 13.3. The van der Waals surface area contributed by atoms with Gasteiger partial charge < -0.3 is 15.3 Å². The van der Waals surface area contributed by atoms with Crippen molar-refractivity contribution in [2.24, 2.45) is 0 Å². The largest absolute Gasteiger partial charge is 0.392 e. The van der Waals surface area contributed by atoms with Crippen molar-refractivity contribution >= 4 is 11.8 Å². The van der Waals surface area contributed by atoms with Crippen LogP contribution in [0.3, 0.4) is 0 Å². The maximum atomic E-state index is 9.41. The Balaban J connectivity index is 2.19. The molecule has 1 rings (SSSR count). The van der Waals surface area contributed by atoms with Crippen molar-refractivity contribution in [2.75, 3.05) is 32.1 Å². The molecule has 3 nitrogen and oxygen atoms in total. The minimum Gasteiger partial charge on any atom is -0.392 e. The summed E-state index contributed by atoms with van der Waals surface area (Å²) < 4.78 is 0. The molecule has 1 aliphatic rings. The summed E-state index contributed by atoms with van der Waals surface area (Å²) in [7, 11) is 2.18. The number of β-amino-alcohol motifs (C(OH)–C–C–N with tert-alkyl or cyclic N) is 1. The zero-order valence-corrected chi connectivity index (χ0v) is 10.9. The second-order valence-corrected chi connectivity index (χ2v) is 5.55. The van der Waals surface area contributed by atoms with Gasteiger partial charge in [-0.25, -0.2) is 0 Å². The van der Waals surface area contributed by atoms with Gasteiger partial charge in [0.25, 0.3) is 0 Å². The molecule has 15 heavy (non-hydrogen) atoms. The fourth-order valence-electron chi connectivity index (χ4n) is 1.97. The SMILES string of the molecule is CSCCC(C)N(C)CC1CC(O)CN1. The van der Waals surface area contributed by atoms with Gasteiger partial charge >= 0.3 is 0 Å². The number of likely N-dealkylation sites (N-methyl/N-ethyl adjacent to an activating group) is 1. The minimum absolute atomic E-state index is 0.134. The number of rotatable bonds is 6.